The van der Waals surface area contributed by atoms with Crippen LogP contribution >= 0.6 is 0 Å². The highest BCUT2D eigenvalue weighted by Gasteiger charge is 2.10. The number of nitrogens with zero attached hydrogens (tertiary/aromatic N) is 2. The molecule has 0 spiro atoms. The van der Waals surface area contributed by atoms with Crippen LogP contribution in [-0.2, 0) is 0 Å². The van der Waals surface area contributed by atoms with Gasteiger partial charge in [0, 0.05) is 27.1 Å². The second-order valence-electron chi connectivity index (χ2n) is 4.19. The van der Waals surface area contributed by atoms with Gasteiger partial charge in [0.1, 0.15) is 5.69 Å². The SMILES string of the molecule is c1ccc2c(c1)[nH]c1c(-c3conn3)cccc12. The highest BCUT2D eigenvalue weighted by atomic mass is 16.5. The van der Waals surface area contributed by atoms with Crippen molar-refractivity contribution in [3.63, 3.8) is 0 Å². The molecule has 4 aromatic rings. The van der Waals surface area contributed by atoms with E-state index in [1.807, 2.05) is 24.3 Å². The van der Waals surface area contributed by atoms with E-state index in [2.05, 4.69) is 33.6 Å². The first-order chi connectivity index (χ1) is 8.93. The van der Waals surface area contributed by atoms with Crippen molar-refractivity contribution < 1.29 is 4.52 Å². The lowest BCUT2D eigenvalue weighted by Crippen LogP contribution is -1.80. The van der Waals surface area contributed by atoms with E-state index in [4.69, 9.17) is 4.52 Å². The van der Waals surface area contributed by atoms with E-state index in [9.17, 15) is 0 Å². The van der Waals surface area contributed by atoms with Crippen LogP contribution in [-0.4, -0.2) is 15.4 Å². The average molecular weight is 235 g/mol. The van der Waals surface area contributed by atoms with E-state index < -0.39 is 0 Å². The van der Waals surface area contributed by atoms with Gasteiger partial charge in [-0.3, -0.25) is 0 Å². The first-order valence-corrected chi connectivity index (χ1v) is 5.70. The van der Waals surface area contributed by atoms with Crippen molar-refractivity contribution in [1.82, 2.24) is 15.4 Å². The lowest BCUT2D eigenvalue weighted by molar-refractivity contribution is 0.393. The zero-order valence-corrected chi connectivity index (χ0v) is 9.42. The summed E-state index contributed by atoms with van der Waals surface area (Å²) >= 11 is 0. The van der Waals surface area contributed by atoms with Crippen LogP contribution in [0.1, 0.15) is 0 Å². The third kappa shape index (κ3) is 1.20. The van der Waals surface area contributed by atoms with Gasteiger partial charge in [-0.1, -0.05) is 36.4 Å². The minimum atomic E-state index is 0.743. The van der Waals surface area contributed by atoms with Crippen molar-refractivity contribution in [1.29, 1.82) is 0 Å². The summed E-state index contributed by atoms with van der Waals surface area (Å²) in [6, 6.07) is 14.4. The van der Waals surface area contributed by atoms with Gasteiger partial charge < -0.3 is 9.51 Å². The number of para-hydroxylation sites is 2. The Kier molecular flexibility index (Phi) is 1.80. The molecule has 0 aliphatic carbocycles. The summed E-state index contributed by atoms with van der Waals surface area (Å²) in [5, 5.41) is 9.89. The van der Waals surface area contributed by atoms with Crippen molar-refractivity contribution in [2.75, 3.05) is 0 Å². The van der Waals surface area contributed by atoms with E-state index in [-0.39, 0.29) is 0 Å². The molecule has 0 bridgehead atoms. The number of aromatic nitrogens is 3. The lowest BCUT2D eigenvalue weighted by Gasteiger charge is -1.97. The molecule has 0 fully saturated rings. The molecule has 4 heteroatoms. The van der Waals surface area contributed by atoms with Crippen LogP contribution in [0.15, 0.2) is 53.3 Å². The quantitative estimate of drug-likeness (QED) is 0.550. The minimum absolute atomic E-state index is 0.743. The third-order valence-corrected chi connectivity index (χ3v) is 3.18. The monoisotopic (exact) mass is 235 g/mol. The maximum absolute atomic E-state index is 4.82. The Bertz CT molecular complexity index is 831. The van der Waals surface area contributed by atoms with Crippen LogP contribution in [0, 0.1) is 0 Å². The number of benzene rings is 2. The maximum Gasteiger partial charge on any atom is 0.152 e. The maximum atomic E-state index is 4.82. The summed E-state index contributed by atoms with van der Waals surface area (Å²) in [4.78, 5) is 3.43. The summed E-state index contributed by atoms with van der Waals surface area (Å²) in [5.74, 6) is 0. The van der Waals surface area contributed by atoms with E-state index >= 15 is 0 Å². The number of hydrogen-bond acceptors (Lipinski definition) is 3. The Morgan fingerprint density at radius 3 is 2.72 bits per heavy atom. The van der Waals surface area contributed by atoms with Gasteiger partial charge in [0.2, 0.25) is 0 Å². The molecule has 0 aliphatic rings. The topological polar surface area (TPSA) is 54.7 Å². The molecular formula is C14H9N3O. The molecule has 4 nitrogen and oxygen atoms in total. The van der Waals surface area contributed by atoms with Crippen LogP contribution in [0.25, 0.3) is 33.1 Å². The molecular weight excluding hydrogens is 226 g/mol. The number of H-pyrrole nitrogens is 1. The summed E-state index contributed by atoms with van der Waals surface area (Å²) in [6.07, 6.45) is 1.56. The molecule has 0 aliphatic heterocycles. The third-order valence-electron chi connectivity index (χ3n) is 3.18. The molecule has 1 N–H and O–H groups in total. The van der Waals surface area contributed by atoms with E-state index in [1.54, 1.807) is 6.26 Å². The van der Waals surface area contributed by atoms with Crippen molar-refractivity contribution in [2.24, 2.45) is 0 Å². The molecule has 2 aromatic heterocycles. The van der Waals surface area contributed by atoms with Crippen molar-refractivity contribution in [2.45, 2.75) is 0 Å². The summed E-state index contributed by atoms with van der Waals surface area (Å²) in [7, 11) is 0. The Morgan fingerprint density at radius 1 is 0.944 bits per heavy atom. The van der Waals surface area contributed by atoms with Gasteiger partial charge in [-0.15, -0.1) is 5.10 Å². The van der Waals surface area contributed by atoms with Crippen LogP contribution in [0.2, 0.25) is 0 Å². The number of nitrogens with one attached hydrogen (secondary N) is 1. The summed E-state index contributed by atoms with van der Waals surface area (Å²) in [6.45, 7) is 0. The molecule has 2 heterocycles. The normalized spacial score (nSPS) is 11.3. The fourth-order valence-electron chi connectivity index (χ4n) is 2.37. The fraction of sp³-hybridized carbons (Fsp3) is 0. The first-order valence-electron chi connectivity index (χ1n) is 5.70. The highest BCUT2D eigenvalue weighted by Crippen LogP contribution is 2.31. The van der Waals surface area contributed by atoms with Crippen LogP contribution < -0.4 is 0 Å². The van der Waals surface area contributed by atoms with Crippen molar-refractivity contribution in [3.8, 4) is 11.3 Å². The largest absolute Gasteiger partial charge is 0.354 e. The van der Waals surface area contributed by atoms with Gasteiger partial charge in [-0.25, -0.2) is 0 Å². The Balaban J connectivity index is 2.17. The average Bonchev–Trinajstić information content (AvgIpc) is 3.05. The van der Waals surface area contributed by atoms with Crippen LogP contribution in [0.5, 0.6) is 0 Å². The van der Waals surface area contributed by atoms with Crippen molar-refractivity contribution >= 4 is 21.8 Å². The summed E-state index contributed by atoms with van der Waals surface area (Å²) < 4.78 is 4.82. The molecule has 86 valence electrons. The molecule has 18 heavy (non-hydrogen) atoms. The number of rotatable bonds is 1. The molecule has 0 saturated heterocycles. The molecule has 0 radical (unpaired) electrons. The van der Waals surface area contributed by atoms with Crippen molar-refractivity contribution in [3.05, 3.63) is 48.7 Å². The smallest absolute Gasteiger partial charge is 0.152 e. The van der Waals surface area contributed by atoms with Gasteiger partial charge in [0.25, 0.3) is 0 Å². The van der Waals surface area contributed by atoms with E-state index in [1.165, 1.54) is 10.8 Å². The van der Waals surface area contributed by atoms with Gasteiger partial charge >= 0.3 is 0 Å². The second kappa shape index (κ2) is 3.43. The van der Waals surface area contributed by atoms with Crippen LogP contribution in [0.4, 0.5) is 0 Å². The Labute approximate surface area is 102 Å². The first kappa shape index (κ1) is 9.41. The fourth-order valence-corrected chi connectivity index (χ4v) is 2.37. The zero-order chi connectivity index (χ0) is 11.9. The lowest BCUT2D eigenvalue weighted by atomic mass is 10.1. The van der Waals surface area contributed by atoms with Gasteiger partial charge in [-0.2, -0.15) is 0 Å². The highest BCUT2D eigenvalue weighted by molar-refractivity contribution is 6.11. The standard InChI is InChI=1S/C14H9N3O/c1-2-7-12-9(4-1)10-5-3-6-11(14(10)15-12)13-8-18-17-16-13/h1-8,15H. The zero-order valence-electron chi connectivity index (χ0n) is 9.42. The predicted octanol–water partition coefficient (Wildman–Crippen LogP) is 3.37. The van der Waals surface area contributed by atoms with Gasteiger partial charge in [0.05, 0.1) is 5.52 Å². The summed E-state index contributed by atoms with van der Waals surface area (Å²) in [5.41, 5.74) is 3.93. The molecule has 0 amide bonds. The second-order valence-corrected chi connectivity index (χ2v) is 4.19. The van der Waals surface area contributed by atoms with Gasteiger partial charge in [0.15, 0.2) is 6.26 Å². The minimum Gasteiger partial charge on any atom is -0.354 e. The molecule has 0 unspecified atom stereocenters. The molecule has 0 saturated carbocycles. The molecule has 2 aromatic carbocycles. The molecule has 0 atom stereocenters. The van der Waals surface area contributed by atoms with Crippen LogP contribution in [0.3, 0.4) is 0 Å². The predicted molar refractivity (Wildman–Crippen MR) is 69.1 cm³/mol. The molecule has 4 rings (SSSR count). The Morgan fingerprint density at radius 2 is 1.83 bits per heavy atom. The van der Waals surface area contributed by atoms with E-state index in [0.717, 1.165) is 22.3 Å². The number of aromatic amines is 1. The number of hydrogen-bond donors (Lipinski definition) is 1. The van der Waals surface area contributed by atoms with Gasteiger partial charge in [-0.05, 0) is 6.07 Å². The number of fused-ring (bicyclic) bond motifs is 3. The van der Waals surface area contributed by atoms with E-state index in [0.29, 0.717) is 0 Å². The Hall–Kier alpha value is -2.62.